The van der Waals surface area contributed by atoms with Gasteiger partial charge in [0.05, 0.1) is 17.1 Å². The van der Waals surface area contributed by atoms with Crippen molar-refractivity contribution in [2.24, 2.45) is 0 Å². The fourth-order valence-electron chi connectivity index (χ4n) is 1.60. The van der Waals surface area contributed by atoms with E-state index in [2.05, 4.69) is 5.32 Å². The van der Waals surface area contributed by atoms with Crippen LogP contribution in [-0.2, 0) is 0 Å². The molecule has 2 aromatic carbocycles. The number of aromatic hydroxyl groups is 2. The van der Waals surface area contributed by atoms with Crippen LogP contribution in [0.25, 0.3) is 0 Å². The monoisotopic (exact) mass is 245 g/mol. The minimum absolute atomic E-state index is 0.00472. The molecule has 0 aliphatic heterocycles. The molecule has 5 heteroatoms. The van der Waals surface area contributed by atoms with E-state index in [1.54, 1.807) is 25.1 Å². The van der Waals surface area contributed by atoms with E-state index in [0.717, 1.165) is 0 Å². The Kier molecular flexibility index (Phi) is 2.89. The van der Waals surface area contributed by atoms with Gasteiger partial charge in [0, 0.05) is 17.8 Å². The molecule has 0 heterocycles. The van der Waals surface area contributed by atoms with Crippen molar-refractivity contribution in [1.29, 1.82) is 0 Å². The number of hydrogen-bond acceptors (Lipinski definition) is 5. The molecule has 0 saturated carbocycles. The summed E-state index contributed by atoms with van der Waals surface area (Å²) >= 11 is 0. The molecular weight excluding hydrogens is 230 g/mol. The van der Waals surface area contributed by atoms with Crippen LogP contribution >= 0.6 is 0 Å². The summed E-state index contributed by atoms with van der Waals surface area (Å²) in [5, 5.41) is 22.1. The molecule has 0 saturated heterocycles. The molecule has 0 aromatic heterocycles. The topological polar surface area (TPSA) is 105 Å². The predicted octanol–water partition coefficient (Wildman–Crippen LogP) is 2.31. The van der Waals surface area contributed by atoms with Crippen molar-refractivity contribution >= 4 is 22.7 Å². The zero-order valence-corrected chi connectivity index (χ0v) is 9.94. The van der Waals surface area contributed by atoms with Crippen molar-refractivity contribution in [3.05, 3.63) is 35.9 Å². The van der Waals surface area contributed by atoms with E-state index in [-0.39, 0.29) is 11.5 Å². The van der Waals surface area contributed by atoms with E-state index >= 15 is 0 Å². The molecule has 7 N–H and O–H groups in total. The van der Waals surface area contributed by atoms with E-state index in [4.69, 9.17) is 11.5 Å². The molecule has 0 unspecified atom stereocenters. The lowest BCUT2D eigenvalue weighted by Crippen LogP contribution is -1.97. The van der Waals surface area contributed by atoms with Crippen molar-refractivity contribution in [3.63, 3.8) is 0 Å². The summed E-state index contributed by atoms with van der Waals surface area (Å²) in [6.45, 7) is 1.77. The Balaban J connectivity index is 2.34. The maximum Gasteiger partial charge on any atom is 0.140 e. The molecule has 5 nitrogen and oxygen atoms in total. The second-order valence-electron chi connectivity index (χ2n) is 4.12. The average Bonchev–Trinajstić information content (AvgIpc) is 2.31. The van der Waals surface area contributed by atoms with E-state index in [1.807, 2.05) is 0 Å². The zero-order valence-electron chi connectivity index (χ0n) is 9.94. The molecular formula is C13H15N3O2. The van der Waals surface area contributed by atoms with Crippen LogP contribution in [0, 0.1) is 6.92 Å². The fourth-order valence-corrected chi connectivity index (χ4v) is 1.60. The predicted molar refractivity (Wildman–Crippen MR) is 73.1 cm³/mol. The first-order chi connectivity index (χ1) is 8.47. The Morgan fingerprint density at radius 3 is 2.33 bits per heavy atom. The molecule has 0 atom stereocenters. The first kappa shape index (κ1) is 11.9. The van der Waals surface area contributed by atoms with Crippen molar-refractivity contribution in [2.45, 2.75) is 6.92 Å². The third-order valence-electron chi connectivity index (χ3n) is 2.68. The summed E-state index contributed by atoms with van der Waals surface area (Å²) in [7, 11) is 0. The molecule has 18 heavy (non-hydrogen) atoms. The van der Waals surface area contributed by atoms with Crippen molar-refractivity contribution in [3.8, 4) is 11.5 Å². The lowest BCUT2D eigenvalue weighted by Gasteiger charge is -2.12. The number of aryl methyl sites for hydroxylation is 1. The highest BCUT2D eigenvalue weighted by Gasteiger charge is 2.06. The highest BCUT2D eigenvalue weighted by Crippen LogP contribution is 2.32. The SMILES string of the molecule is Cc1cc(N)c(Nc2ccc(N)c(O)c2)cc1O. The van der Waals surface area contributed by atoms with Gasteiger partial charge in [0.1, 0.15) is 11.5 Å². The van der Waals surface area contributed by atoms with Gasteiger partial charge < -0.3 is 27.0 Å². The number of nitrogen functional groups attached to an aromatic ring is 2. The molecule has 94 valence electrons. The maximum atomic E-state index is 9.64. The van der Waals surface area contributed by atoms with Gasteiger partial charge >= 0.3 is 0 Å². The maximum absolute atomic E-state index is 9.64. The Labute approximate surface area is 105 Å². The Morgan fingerprint density at radius 2 is 1.67 bits per heavy atom. The summed E-state index contributed by atoms with van der Waals surface area (Å²) in [4.78, 5) is 0. The molecule has 2 aromatic rings. The average molecular weight is 245 g/mol. The molecule has 2 rings (SSSR count). The van der Waals surface area contributed by atoms with Crippen LogP contribution in [0.1, 0.15) is 5.56 Å². The highest BCUT2D eigenvalue weighted by atomic mass is 16.3. The van der Waals surface area contributed by atoms with Crippen molar-refractivity contribution in [2.75, 3.05) is 16.8 Å². The molecule has 0 aliphatic rings. The van der Waals surface area contributed by atoms with E-state index in [1.165, 1.54) is 12.1 Å². The second-order valence-corrected chi connectivity index (χ2v) is 4.12. The van der Waals surface area contributed by atoms with Gasteiger partial charge in [0.25, 0.3) is 0 Å². The third kappa shape index (κ3) is 2.24. The van der Waals surface area contributed by atoms with Gasteiger partial charge in [0.2, 0.25) is 0 Å². The summed E-state index contributed by atoms with van der Waals surface area (Å²) < 4.78 is 0. The number of phenols is 2. The minimum atomic E-state index is -0.00472. The fraction of sp³-hybridized carbons (Fsp3) is 0.0769. The van der Waals surface area contributed by atoms with Crippen LogP contribution in [0.4, 0.5) is 22.7 Å². The lowest BCUT2D eigenvalue weighted by atomic mass is 10.1. The molecule has 0 bridgehead atoms. The summed E-state index contributed by atoms with van der Waals surface area (Å²) in [6.07, 6.45) is 0. The van der Waals surface area contributed by atoms with E-state index in [0.29, 0.717) is 28.3 Å². The number of hydrogen-bond donors (Lipinski definition) is 5. The number of nitrogens with two attached hydrogens (primary N) is 2. The molecule has 0 amide bonds. The van der Waals surface area contributed by atoms with Gasteiger partial charge in [-0.1, -0.05) is 0 Å². The normalized spacial score (nSPS) is 10.3. The van der Waals surface area contributed by atoms with Gasteiger partial charge in [-0.25, -0.2) is 0 Å². The van der Waals surface area contributed by atoms with Crippen molar-refractivity contribution in [1.82, 2.24) is 0 Å². The lowest BCUT2D eigenvalue weighted by molar-refractivity contribution is 0.471. The molecule has 0 radical (unpaired) electrons. The quantitative estimate of drug-likeness (QED) is 0.317. The zero-order chi connectivity index (χ0) is 13.3. The first-order valence-electron chi connectivity index (χ1n) is 5.42. The van der Waals surface area contributed by atoms with Crippen LogP contribution in [-0.4, -0.2) is 10.2 Å². The van der Waals surface area contributed by atoms with Gasteiger partial charge in [-0.2, -0.15) is 0 Å². The Bertz CT molecular complexity index is 597. The number of benzene rings is 2. The first-order valence-corrected chi connectivity index (χ1v) is 5.42. The largest absolute Gasteiger partial charge is 0.508 e. The van der Waals surface area contributed by atoms with Gasteiger partial charge in [-0.05, 0) is 30.7 Å². The molecule has 0 aliphatic carbocycles. The number of phenolic OH excluding ortho intramolecular Hbond substituents is 2. The smallest absolute Gasteiger partial charge is 0.140 e. The van der Waals surface area contributed by atoms with Gasteiger partial charge in [-0.15, -0.1) is 0 Å². The van der Waals surface area contributed by atoms with Crippen molar-refractivity contribution < 1.29 is 10.2 Å². The minimum Gasteiger partial charge on any atom is -0.508 e. The molecule has 0 fully saturated rings. The van der Waals surface area contributed by atoms with E-state index in [9.17, 15) is 10.2 Å². The Hall–Kier alpha value is -2.56. The van der Waals surface area contributed by atoms with Gasteiger partial charge in [-0.3, -0.25) is 0 Å². The molecule has 0 spiro atoms. The Morgan fingerprint density at radius 1 is 0.944 bits per heavy atom. The standard InChI is InChI=1S/C13H15N3O2/c1-7-4-10(15)11(6-12(7)17)16-8-2-3-9(14)13(18)5-8/h2-6,16-18H,14-15H2,1H3. The van der Waals surface area contributed by atoms with Crippen LogP contribution in [0.2, 0.25) is 0 Å². The van der Waals surface area contributed by atoms with Crippen LogP contribution in [0.15, 0.2) is 30.3 Å². The number of nitrogens with one attached hydrogen (secondary N) is 1. The summed E-state index contributed by atoms with van der Waals surface area (Å²) in [5.74, 6) is 0.154. The van der Waals surface area contributed by atoms with Crippen LogP contribution < -0.4 is 16.8 Å². The van der Waals surface area contributed by atoms with Crippen LogP contribution in [0.5, 0.6) is 11.5 Å². The summed E-state index contributed by atoms with van der Waals surface area (Å²) in [6, 6.07) is 8.01. The van der Waals surface area contributed by atoms with Crippen LogP contribution in [0.3, 0.4) is 0 Å². The number of rotatable bonds is 2. The second kappa shape index (κ2) is 4.37. The van der Waals surface area contributed by atoms with Gasteiger partial charge in [0.15, 0.2) is 0 Å². The number of anilines is 4. The third-order valence-corrected chi connectivity index (χ3v) is 2.68. The van der Waals surface area contributed by atoms with E-state index < -0.39 is 0 Å². The highest BCUT2D eigenvalue weighted by molar-refractivity contribution is 5.76. The summed E-state index contributed by atoms with van der Waals surface area (Å²) in [5.41, 5.74) is 14.1.